The van der Waals surface area contributed by atoms with Crippen LogP contribution in [-0.2, 0) is 4.74 Å². The van der Waals surface area contributed by atoms with E-state index in [1.807, 2.05) is 38.1 Å². The van der Waals surface area contributed by atoms with Crippen LogP contribution in [0.2, 0.25) is 0 Å². The number of ether oxygens (including phenoxy) is 1. The molecule has 0 saturated heterocycles. The van der Waals surface area contributed by atoms with E-state index >= 15 is 0 Å². The first-order chi connectivity index (χ1) is 10.7. The molecule has 0 aliphatic heterocycles. The number of benzene rings is 2. The van der Waals surface area contributed by atoms with Gasteiger partial charge in [-0.1, -0.05) is 36.4 Å². The Morgan fingerprint density at radius 2 is 1.77 bits per heavy atom. The van der Waals surface area contributed by atoms with E-state index in [1.54, 1.807) is 6.20 Å². The monoisotopic (exact) mass is 293 g/mol. The number of rotatable bonds is 4. The van der Waals surface area contributed by atoms with E-state index in [9.17, 15) is 4.79 Å². The van der Waals surface area contributed by atoms with Gasteiger partial charge in [-0.2, -0.15) is 0 Å². The van der Waals surface area contributed by atoms with Gasteiger partial charge in [0.2, 0.25) is 0 Å². The molecule has 0 bridgehead atoms. The maximum absolute atomic E-state index is 11.9. The SMILES string of the molecule is CCOC(C)c1ccc(-c2ccc3cc[nH]c(=O)c3c2)cc1. The second kappa shape index (κ2) is 6.16. The highest BCUT2D eigenvalue weighted by Gasteiger charge is 2.06. The molecular weight excluding hydrogens is 274 g/mol. The lowest BCUT2D eigenvalue weighted by atomic mass is 10.00. The minimum absolute atomic E-state index is 0.0547. The van der Waals surface area contributed by atoms with Gasteiger partial charge in [0.1, 0.15) is 0 Å². The lowest BCUT2D eigenvalue weighted by Gasteiger charge is -2.12. The number of aromatic amines is 1. The number of pyridine rings is 1. The van der Waals surface area contributed by atoms with Gasteiger partial charge in [-0.05, 0) is 48.1 Å². The van der Waals surface area contributed by atoms with Crippen LogP contribution < -0.4 is 5.56 Å². The average Bonchev–Trinajstić information content (AvgIpc) is 2.55. The van der Waals surface area contributed by atoms with Crippen LogP contribution >= 0.6 is 0 Å². The van der Waals surface area contributed by atoms with Crippen LogP contribution in [0.3, 0.4) is 0 Å². The largest absolute Gasteiger partial charge is 0.374 e. The molecule has 3 aromatic rings. The van der Waals surface area contributed by atoms with Gasteiger partial charge in [-0.15, -0.1) is 0 Å². The van der Waals surface area contributed by atoms with E-state index in [0.717, 1.165) is 22.1 Å². The summed E-state index contributed by atoms with van der Waals surface area (Å²) < 4.78 is 5.60. The quantitative estimate of drug-likeness (QED) is 0.779. The fourth-order valence-corrected chi connectivity index (χ4v) is 2.66. The fraction of sp³-hybridized carbons (Fsp3) is 0.211. The first-order valence-electron chi connectivity index (χ1n) is 7.52. The standard InChI is InChI=1S/C19H19NO2/c1-3-22-13(2)14-4-6-15(7-5-14)17-9-8-16-10-11-20-19(21)18(16)12-17/h4-13H,3H2,1-2H3,(H,20,21). The third-order valence-electron chi connectivity index (χ3n) is 3.91. The molecule has 0 radical (unpaired) electrons. The average molecular weight is 293 g/mol. The van der Waals surface area contributed by atoms with E-state index in [4.69, 9.17) is 4.74 Å². The van der Waals surface area contributed by atoms with Crippen LogP contribution in [0.15, 0.2) is 59.5 Å². The Bertz CT molecular complexity index is 834. The first-order valence-corrected chi connectivity index (χ1v) is 7.52. The van der Waals surface area contributed by atoms with E-state index in [2.05, 4.69) is 29.2 Å². The Morgan fingerprint density at radius 1 is 1.05 bits per heavy atom. The Balaban J connectivity index is 1.97. The number of H-pyrrole nitrogens is 1. The van der Waals surface area contributed by atoms with Crippen molar-refractivity contribution in [3.8, 4) is 11.1 Å². The zero-order valence-corrected chi connectivity index (χ0v) is 12.8. The van der Waals surface area contributed by atoms with Gasteiger partial charge in [-0.3, -0.25) is 4.79 Å². The number of aromatic nitrogens is 1. The Hall–Kier alpha value is -2.39. The third-order valence-corrected chi connectivity index (χ3v) is 3.91. The minimum atomic E-state index is -0.0547. The van der Waals surface area contributed by atoms with Crippen molar-refractivity contribution in [2.45, 2.75) is 20.0 Å². The topological polar surface area (TPSA) is 42.1 Å². The summed E-state index contributed by atoms with van der Waals surface area (Å²) in [6, 6.07) is 16.2. The summed E-state index contributed by atoms with van der Waals surface area (Å²) in [6.07, 6.45) is 1.77. The molecule has 2 aromatic carbocycles. The smallest absolute Gasteiger partial charge is 0.255 e. The van der Waals surface area contributed by atoms with Gasteiger partial charge in [-0.25, -0.2) is 0 Å². The van der Waals surface area contributed by atoms with E-state index in [0.29, 0.717) is 12.0 Å². The summed E-state index contributed by atoms with van der Waals surface area (Å²) in [5.41, 5.74) is 3.24. The van der Waals surface area contributed by atoms with Crippen LogP contribution in [0, 0.1) is 0 Å². The number of fused-ring (bicyclic) bond motifs is 1. The van der Waals surface area contributed by atoms with Crippen molar-refractivity contribution in [3.05, 3.63) is 70.6 Å². The number of nitrogens with one attached hydrogen (secondary N) is 1. The van der Waals surface area contributed by atoms with Gasteiger partial charge >= 0.3 is 0 Å². The molecular formula is C19H19NO2. The minimum Gasteiger partial charge on any atom is -0.374 e. The van der Waals surface area contributed by atoms with Gasteiger partial charge < -0.3 is 9.72 Å². The van der Waals surface area contributed by atoms with Crippen molar-refractivity contribution in [3.63, 3.8) is 0 Å². The molecule has 112 valence electrons. The number of hydrogen-bond acceptors (Lipinski definition) is 2. The van der Waals surface area contributed by atoms with Crippen molar-refractivity contribution in [1.82, 2.24) is 4.98 Å². The highest BCUT2D eigenvalue weighted by atomic mass is 16.5. The second-order valence-corrected chi connectivity index (χ2v) is 5.33. The zero-order valence-electron chi connectivity index (χ0n) is 12.8. The summed E-state index contributed by atoms with van der Waals surface area (Å²) >= 11 is 0. The molecule has 1 N–H and O–H groups in total. The highest BCUT2D eigenvalue weighted by Crippen LogP contribution is 2.25. The molecule has 0 fully saturated rings. The van der Waals surface area contributed by atoms with Crippen molar-refractivity contribution in [1.29, 1.82) is 0 Å². The lowest BCUT2D eigenvalue weighted by molar-refractivity contribution is 0.0764. The predicted octanol–water partition coefficient (Wildman–Crippen LogP) is 4.29. The molecule has 22 heavy (non-hydrogen) atoms. The highest BCUT2D eigenvalue weighted by molar-refractivity contribution is 5.86. The lowest BCUT2D eigenvalue weighted by Crippen LogP contribution is -2.04. The Labute approximate surface area is 129 Å². The van der Waals surface area contributed by atoms with Gasteiger partial charge in [0.25, 0.3) is 5.56 Å². The molecule has 0 aliphatic carbocycles. The van der Waals surface area contributed by atoms with Crippen LogP contribution in [0.4, 0.5) is 0 Å². The van der Waals surface area contributed by atoms with Gasteiger partial charge in [0.15, 0.2) is 0 Å². The maximum Gasteiger partial charge on any atom is 0.255 e. The molecule has 0 aliphatic rings. The van der Waals surface area contributed by atoms with Crippen molar-refractivity contribution in [2.24, 2.45) is 0 Å². The summed E-state index contributed by atoms with van der Waals surface area (Å²) in [6.45, 7) is 4.75. The second-order valence-electron chi connectivity index (χ2n) is 5.33. The zero-order chi connectivity index (χ0) is 15.5. The van der Waals surface area contributed by atoms with Crippen molar-refractivity contribution >= 4 is 10.8 Å². The molecule has 3 rings (SSSR count). The van der Waals surface area contributed by atoms with Gasteiger partial charge in [0, 0.05) is 18.2 Å². The molecule has 1 heterocycles. The summed E-state index contributed by atoms with van der Waals surface area (Å²) in [5, 5.41) is 1.67. The molecule has 0 spiro atoms. The molecule has 1 unspecified atom stereocenters. The normalized spacial score (nSPS) is 12.5. The van der Waals surface area contributed by atoms with E-state index in [1.165, 1.54) is 0 Å². The molecule has 3 heteroatoms. The Kier molecular flexibility index (Phi) is 4.07. The van der Waals surface area contributed by atoms with Crippen LogP contribution in [0.1, 0.15) is 25.5 Å². The van der Waals surface area contributed by atoms with Crippen molar-refractivity contribution < 1.29 is 4.74 Å². The molecule has 3 nitrogen and oxygen atoms in total. The fourth-order valence-electron chi connectivity index (χ4n) is 2.66. The van der Waals surface area contributed by atoms with E-state index < -0.39 is 0 Å². The summed E-state index contributed by atoms with van der Waals surface area (Å²) in [4.78, 5) is 14.6. The molecule has 0 saturated carbocycles. The van der Waals surface area contributed by atoms with Gasteiger partial charge in [0.05, 0.1) is 6.10 Å². The van der Waals surface area contributed by atoms with Crippen LogP contribution in [0.25, 0.3) is 21.9 Å². The van der Waals surface area contributed by atoms with Crippen molar-refractivity contribution in [2.75, 3.05) is 6.61 Å². The van der Waals surface area contributed by atoms with Crippen LogP contribution in [0.5, 0.6) is 0 Å². The first kappa shape index (κ1) is 14.5. The maximum atomic E-state index is 11.9. The van der Waals surface area contributed by atoms with Crippen LogP contribution in [-0.4, -0.2) is 11.6 Å². The molecule has 0 amide bonds. The predicted molar refractivity (Wildman–Crippen MR) is 90.0 cm³/mol. The number of hydrogen-bond donors (Lipinski definition) is 1. The Morgan fingerprint density at radius 3 is 2.50 bits per heavy atom. The third kappa shape index (κ3) is 2.81. The molecule has 1 aromatic heterocycles. The summed E-state index contributed by atoms with van der Waals surface area (Å²) in [5.74, 6) is 0. The summed E-state index contributed by atoms with van der Waals surface area (Å²) in [7, 11) is 0. The molecule has 1 atom stereocenters. The van der Waals surface area contributed by atoms with E-state index in [-0.39, 0.29) is 11.7 Å².